The number of hydrogen-bond donors (Lipinski definition) is 4. The fourth-order valence-electron chi connectivity index (χ4n) is 0.546. The van der Waals surface area contributed by atoms with Gasteiger partial charge in [-0.3, -0.25) is 9.88 Å². The molecule has 7 heteroatoms. The van der Waals surface area contributed by atoms with Crippen molar-refractivity contribution in [2.24, 2.45) is 5.73 Å². The zero-order valence-electron chi connectivity index (χ0n) is 6.49. The van der Waals surface area contributed by atoms with E-state index in [0.29, 0.717) is 0 Å². The molecule has 0 aromatic heterocycles. The maximum Gasteiger partial charge on any atom is 0.320 e. The third kappa shape index (κ3) is 5.26. The molecule has 12 heavy (non-hydrogen) atoms. The van der Waals surface area contributed by atoms with Gasteiger partial charge in [0.05, 0.1) is 0 Å². The van der Waals surface area contributed by atoms with Crippen molar-refractivity contribution in [1.29, 1.82) is 0 Å². The Hall–Kier alpha value is -0.420. The van der Waals surface area contributed by atoms with E-state index in [1.54, 1.807) is 0 Å². The fourth-order valence-corrected chi connectivity index (χ4v) is 1.08. The summed E-state index contributed by atoms with van der Waals surface area (Å²) in [6, 6.07) is -0.939. The summed E-state index contributed by atoms with van der Waals surface area (Å²) >= 11 is 0. The minimum atomic E-state index is -2.14. The highest BCUT2D eigenvalue weighted by Crippen LogP contribution is 2.10. The van der Waals surface area contributed by atoms with Crippen LogP contribution < -0.4 is 10.8 Å². The summed E-state index contributed by atoms with van der Waals surface area (Å²) < 4.78 is 10.6. The number of aliphatic carboxylic acids is 1. The molecule has 0 saturated carbocycles. The van der Waals surface area contributed by atoms with E-state index in [9.17, 15) is 9.36 Å². The Morgan fingerprint density at radius 2 is 2.25 bits per heavy atom. The average Bonchev–Trinajstić information content (AvgIpc) is 2.03. The van der Waals surface area contributed by atoms with E-state index >= 15 is 0 Å². The Morgan fingerprint density at radius 1 is 1.67 bits per heavy atom. The average molecular weight is 196 g/mol. The molecule has 0 aromatic carbocycles. The lowest BCUT2D eigenvalue weighted by Gasteiger charge is -2.05. The molecule has 2 atom stereocenters. The number of carbonyl (C=O) groups is 1. The van der Waals surface area contributed by atoms with E-state index in [4.69, 9.17) is 15.9 Å². The van der Waals surface area contributed by atoms with Crippen LogP contribution in [0.3, 0.4) is 0 Å². The topological polar surface area (TPSA) is 113 Å². The molecule has 0 spiro atoms. The Kier molecular flexibility index (Phi) is 5.92. The summed E-state index contributed by atoms with van der Waals surface area (Å²) in [6.45, 7) is 0.242. The van der Waals surface area contributed by atoms with Crippen LogP contribution in [-0.4, -0.2) is 35.1 Å². The quantitative estimate of drug-likeness (QED) is 0.397. The van der Waals surface area contributed by atoms with Gasteiger partial charge in [-0.1, -0.05) is 0 Å². The van der Waals surface area contributed by atoms with Crippen molar-refractivity contribution in [2.45, 2.75) is 12.5 Å². The molecule has 0 heterocycles. The molecule has 0 bridgehead atoms. The first-order valence-electron chi connectivity index (χ1n) is 3.44. The summed E-state index contributed by atoms with van der Waals surface area (Å²) in [4.78, 5) is 10.2. The third-order valence-corrected chi connectivity index (χ3v) is 2.17. The van der Waals surface area contributed by atoms with Gasteiger partial charge in [-0.15, -0.1) is 0 Å². The molecule has 0 aliphatic rings. The van der Waals surface area contributed by atoms with Crippen LogP contribution in [-0.2, 0) is 9.36 Å². The first-order valence-corrected chi connectivity index (χ1v) is 5.05. The van der Waals surface area contributed by atoms with Crippen LogP contribution in [0, 0.1) is 0 Å². The van der Waals surface area contributed by atoms with Gasteiger partial charge in [-0.05, 0) is 6.42 Å². The highest BCUT2D eigenvalue weighted by molar-refractivity contribution is 7.42. The minimum Gasteiger partial charge on any atom is -0.480 e. The van der Waals surface area contributed by atoms with E-state index in [2.05, 4.69) is 5.09 Å². The monoisotopic (exact) mass is 196 g/mol. The molecular weight excluding hydrogens is 183 g/mol. The standard InChI is InChI=1S/C5H13N2O4P/c6-4(5(9)10)1-2-7-12(11)3-8/h4,8,12H,1-3,6H2,(H,7,11)(H,9,10). The SMILES string of the molecule is NC(CCN[PH](=O)CO)C(=O)O. The van der Waals surface area contributed by atoms with Gasteiger partial charge < -0.3 is 20.5 Å². The second-order valence-corrected chi connectivity index (χ2v) is 3.76. The van der Waals surface area contributed by atoms with Crippen molar-refractivity contribution in [2.75, 3.05) is 12.9 Å². The van der Waals surface area contributed by atoms with Crippen LogP contribution >= 0.6 is 7.95 Å². The molecule has 0 saturated heterocycles. The number of carboxylic acids is 1. The lowest BCUT2D eigenvalue weighted by molar-refractivity contribution is -0.138. The van der Waals surface area contributed by atoms with Crippen molar-refractivity contribution in [3.05, 3.63) is 0 Å². The molecule has 2 unspecified atom stereocenters. The summed E-state index contributed by atoms with van der Waals surface area (Å²) in [5.41, 5.74) is 5.15. The van der Waals surface area contributed by atoms with E-state index in [-0.39, 0.29) is 13.0 Å². The predicted molar refractivity (Wildman–Crippen MR) is 44.3 cm³/mol. The largest absolute Gasteiger partial charge is 0.480 e. The number of rotatable bonds is 6. The first-order chi connectivity index (χ1) is 5.57. The maximum atomic E-state index is 10.6. The van der Waals surface area contributed by atoms with Gasteiger partial charge in [0, 0.05) is 6.54 Å². The van der Waals surface area contributed by atoms with Crippen LogP contribution in [0.25, 0.3) is 0 Å². The smallest absolute Gasteiger partial charge is 0.320 e. The molecule has 72 valence electrons. The van der Waals surface area contributed by atoms with E-state index < -0.39 is 26.3 Å². The Labute approximate surface area is 70.6 Å². The van der Waals surface area contributed by atoms with Crippen LogP contribution in [0.1, 0.15) is 6.42 Å². The molecule has 0 aliphatic carbocycles. The normalized spacial score (nSPS) is 15.5. The van der Waals surface area contributed by atoms with E-state index in [0.717, 1.165) is 0 Å². The number of carboxylic acid groups (broad SMARTS) is 1. The Bertz CT molecular complexity index is 175. The number of hydrogen-bond acceptors (Lipinski definition) is 4. The summed E-state index contributed by atoms with van der Waals surface area (Å²) in [5, 5.41) is 19.1. The molecule has 5 N–H and O–H groups in total. The fraction of sp³-hybridized carbons (Fsp3) is 0.800. The molecule has 0 aromatic rings. The van der Waals surface area contributed by atoms with Gasteiger partial charge in [0.25, 0.3) is 0 Å². The van der Waals surface area contributed by atoms with Gasteiger partial charge in [-0.2, -0.15) is 0 Å². The minimum absolute atomic E-state index is 0.200. The summed E-state index contributed by atoms with van der Waals surface area (Å²) in [7, 11) is -2.14. The third-order valence-electron chi connectivity index (χ3n) is 1.24. The van der Waals surface area contributed by atoms with Crippen LogP contribution in [0.4, 0.5) is 0 Å². The highest BCUT2D eigenvalue weighted by Gasteiger charge is 2.10. The highest BCUT2D eigenvalue weighted by atomic mass is 31.1. The number of aliphatic hydroxyl groups excluding tert-OH is 1. The number of nitrogens with one attached hydrogen (secondary N) is 1. The van der Waals surface area contributed by atoms with Gasteiger partial charge in [-0.25, -0.2) is 0 Å². The van der Waals surface area contributed by atoms with Crippen molar-refractivity contribution in [3.8, 4) is 0 Å². The van der Waals surface area contributed by atoms with Crippen LogP contribution in [0.15, 0.2) is 0 Å². The lowest BCUT2D eigenvalue weighted by Crippen LogP contribution is -2.32. The van der Waals surface area contributed by atoms with Gasteiger partial charge in [0.15, 0.2) is 7.95 Å². The van der Waals surface area contributed by atoms with Crippen LogP contribution in [0.5, 0.6) is 0 Å². The number of nitrogens with two attached hydrogens (primary N) is 1. The van der Waals surface area contributed by atoms with Crippen molar-refractivity contribution in [3.63, 3.8) is 0 Å². The van der Waals surface area contributed by atoms with Crippen molar-refractivity contribution in [1.82, 2.24) is 5.09 Å². The van der Waals surface area contributed by atoms with Gasteiger partial charge in [0.2, 0.25) is 0 Å². The molecule has 0 radical (unpaired) electrons. The Balaban J connectivity index is 3.43. The molecule has 0 rings (SSSR count). The second kappa shape index (κ2) is 6.14. The predicted octanol–water partition coefficient (Wildman–Crippen LogP) is -1.20. The lowest BCUT2D eigenvalue weighted by atomic mass is 10.2. The number of aliphatic hydroxyl groups is 1. The molecular formula is C5H13N2O4P. The van der Waals surface area contributed by atoms with Crippen molar-refractivity contribution >= 4 is 13.9 Å². The zero-order chi connectivity index (χ0) is 9.56. The second-order valence-electron chi connectivity index (χ2n) is 2.24. The molecule has 6 nitrogen and oxygen atoms in total. The summed E-state index contributed by atoms with van der Waals surface area (Å²) in [5.74, 6) is -1.08. The maximum absolute atomic E-state index is 10.6. The van der Waals surface area contributed by atoms with Gasteiger partial charge >= 0.3 is 5.97 Å². The zero-order valence-corrected chi connectivity index (χ0v) is 7.49. The van der Waals surface area contributed by atoms with Crippen LogP contribution in [0.2, 0.25) is 0 Å². The molecule has 0 aliphatic heterocycles. The summed E-state index contributed by atoms with van der Waals surface area (Å²) in [6.07, 6.45) is -0.210. The Morgan fingerprint density at radius 3 is 2.67 bits per heavy atom. The first kappa shape index (κ1) is 11.6. The van der Waals surface area contributed by atoms with E-state index in [1.165, 1.54) is 0 Å². The molecule has 0 fully saturated rings. The van der Waals surface area contributed by atoms with E-state index in [1.807, 2.05) is 0 Å². The van der Waals surface area contributed by atoms with Crippen molar-refractivity contribution < 1.29 is 19.6 Å². The molecule has 0 amide bonds. The van der Waals surface area contributed by atoms with Gasteiger partial charge in [0.1, 0.15) is 12.4 Å².